The number of rotatable bonds is 5. The third-order valence-corrected chi connectivity index (χ3v) is 3.78. The predicted octanol–water partition coefficient (Wildman–Crippen LogP) is 2.22. The predicted molar refractivity (Wildman–Crippen MR) is 72.7 cm³/mol. The van der Waals surface area contributed by atoms with Gasteiger partial charge in [0.25, 0.3) is 10.0 Å². The Hall–Kier alpha value is -2.02. The van der Waals surface area contributed by atoms with E-state index in [-0.39, 0.29) is 10.7 Å². The molecule has 19 heavy (non-hydrogen) atoms. The van der Waals surface area contributed by atoms with Crippen molar-refractivity contribution in [1.82, 2.24) is 5.16 Å². The van der Waals surface area contributed by atoms with Crippen molar-refractivity contribution in [2.24, 2.45) is 0 Å². The van der Waals surface area contributed by atoms with Crippen LogP contribution >= 0.6 is 0 Å². The lowest BCUT2D eigenvalue weighted by Gasteiger charge is -2.06. The lowest BCUT2D eigenvalue weighted by Crippen LogP contribution is -2.13. The molecule has 2 aromatic rings. The van der Waals surface area contributed by atoms with Crippen LogP contribution in [0.2, 0.25) is 0 Å². The van der Waals surface area contributed by atoms with Gasteiger partial charge in [-0.15, -0.1) is 0 Å². The summed E-state index contributed by atoms with van der Waals surface area (Å²) in [7, 11) is -3.63. The second-order valence-electron chi connectivity index (χ2n) is 3.98. The summed E-state index contributed by atoms with van der Waals surface area (Å²) in [6, 6.07) is 8.02. The summed E-state index contributed by atoms with van der Waals surface area (Å²) in [6.45, 7) is 4.44. The van der Waals surface area contributed by atoms with Gasteiger partial charge >= 0.3 is 0 Å². The topological polar surface area (TPSA) is 84.2 Å². The molecule has 0 unspecified atom stereocenters. The van der Waals surface area contributed by atoms with E-state index in [4.69, 9.17) is 4.52 Å². The van der Waals surface area contributed by atoms with Crippen molar-refractivity contribution < 1.29 is 12.9 Å². The summed E-state index contributed by atoms with van der Waals surface area (Å²) < 4.78 is 31.3. The molecule has 1 aromatic carbocycles. The summed E-state index contributed by atoms with van der Waals surface area (Å²) in [6.07, 6.45) is 0. The van der Waals surface area contributed by atoms with Gasteiger partial charge in [0.15, 0.2) is 5.82 Å². The quantitative estimate of drug-likeness (QED) is 0.877. The van der Waals surface area contributed by atoms with Gasteiger partial charge in [-0.2, -0.15) is 0 Å². The molecule has 0 saturated heterocycles. The first-order valence-corrected chi connectivity index (χ1v) is 7.29. The minimum Gasteiger partial charge on any atom is -0.385 e. The highest BCUT2D eigenvalue weighted by Crippen LogP contribution is 2.17. The fraction of sp³-hybridized carbons (Fsp3) is 0.250. The van der Waals surface area contributed by atoms with Crippen LogP contribution in [-0.2, 0) is 10.0 Å². The number of nitrogens with zero attached hydrogens (tertiary/aromatic N) is 1. The summed E-state index contributed by atoms with van der Waals surface area (Å²) in [5.74, 6) is 0.716. The van der Waals surface area contributed by atoms with Crippen molar-refractivity contribution in [2.75, 3.05) is 16.6 Å². The zero-order valence-corrected chi connectivity index (χ0v) is 11.5. The molecule has 1 aromatic heterocycles. The number of aryl methyl sites for hydroxylation is 1. The van der Waals surface area contributed by atoms with E-state index in [2.05, 4.69) is 15.2 Å². The average molecular weight is 281 g/mol. The molecule has 0 radical (unpaired) electrons. The zero-order chi connectivity index (χ0) is 13.9. The van der Waals surface area contributed by atoms with Crippen LogP contribution in [-0.4, -0.2) is 20.1 Å². The van der Waals surface area contributed by atoms with Gasteiger partial charge in [-0.1, -0.05) is 5.16 Å². The van der Waals surface area contributed by atoms with E-state index in [0.29, 0.717) is 5.76 Å². The van der Waals surface area contributed by atoms with E-state index in [0.717, 1.165) is 12.2 Å². The molecule has 102 valence electrons. The zero-order valence-electron chi connectivity index (χ0n) is 10.7. The molecule has 1 heterocycles. The highest BCUT2D eigenvalue weighted by molar-refractivity contribution is 7.92. The summed E-state index contributed by atoms with van der Waals surface area (Å²) in [5, 5.41) is 6.69. The molecule has 2 rings (SSSR count). The lowest BCUT2D eigenvalue weighted by molar-refractivity contribution is 0.400. The number of hydrogen-bond donors (Lipinski definition) is 2. The SMILES string of the molecule is CCNc1ccc(S(=O)(=O)Nc2cc(C)on2)cc1. The van der Waals surface area contributed by atoms with Gasteiger partial charge in [0.05, 0.1) is 4.90 Å². The lowest BCUT2D eigenvalue weighted by atomic mass is 10.3. The van der Waals surface area contributed by atoms with Crippen LogP contribution in [0.3, 0.4) is 0 Å². The highest BCUT2D eigenvalue weighted by Gasteiger charge is 2.15. The fourth-order valence-electron chi connectivity index (χ4n) is 1.57. The molecule has 0 aliphatic rings. The van der Waals surface area contributed by atoms with Crippen molar-refractivity contribution in [2.45, 2.75) is 18.7 Å². The van der Waals surface area contributed by atoms with E-state index in [9.17, 15) is 8.42 Å². The summed E-state index contributed by atoms with van der Waals surface area (Å²) in [4.78, 5) is 0.176. The highest BCUT2D eigenvalue weighted by atomic mass is 32.2. The van der Waals surface area contributed by atoms with E-state index in [1.54, 1.807) is 19.1 Å². The van der Waals surface area contributed by atoms with Crippen LogP contribution in [0.15, 0.2) is 39.8 Å². The smallest absolute Gasteiger partial charge is 0.263 e. The number of nitrogens with one attached hydrogen (secondary N) is 2. The Morgan fingerprint density at radius 3 is 2.47 bits per heavy atom. The second kappa shape index (κ2) is 5.31. The Bertz CT molecular complexity index is 647. The normalized spacial score (nSPS) is 11.3. The van der Waals surface area contributed by atoms with E-state index >= 15 is 0 Å². The monoisotopic (exact) mass is 281 g/mol. The Morgan fingerprint density at radius 1 is 1.26 bits per heavy atom. The number of benzene rings is 1. The Balaban J connectivity index is 2.19. The molecule has 0 saturated carbocycles. The molecule has 0 aliphatic carbocycles. The third kappa shape index (κ3) is 3.25. The molecule has 0 atom stereocenters. The molecule has 0 amide bonds. The number of hydrogen-bond acceptors (Lipinski definition) is 5. The Kier molecular flexibility index (Phi) is 3.75. The van der Waals surface area contributed by atoms with Crippen molar-refractivity contribution >= 4 is 21.5 Å². The van der Waals surface area contributed by atoms with Crippen molar-refractivity contribution in [3.8, 4) is 0 Å². The van der Waals surface area contributed by atoms with Gasteiger partial charge in [0.2, 0.25) is 0 Å². The minimum atomic E-state index is -3.63. The van der Waals surface area contributed by atoms with Gasteiger partial charge in [-0.05, 0) is 38.1 Å². The Morgan fingerprint density at radius 2 is 1.95 bits per heavy atom. The van der Waals surface area contributed by atoms with Crippen LogP contribution < -0.4 is 10.0 Å². The molecular weight excluding hydrogens is 266 g/mol. The standard InChI is InChI=1S/C12H15N3O3S/c1-3-13-10-4-6-11(7-5-10)19(16,17)15-12-8-9(2)18-14-12/h4-8,13H,3H2,1-2H3,(H,14,15). The molecule has 2 N–H and O–H groups in total. The van der Waals surface area contributed by atoms with Gasteiger partial charge < -0.3 is 9.84 Å². The molecule has 7 heteroatoms. The van der Waals surface area contributed by atoms with Gasteiger partial charge in [0, 0.05) is 18.3 Å². The van der Waals surface area contributed by atoms with Crippen LogP contribution in [0.4, 0.5) is 11.5 Å². The summed E-state index contributed by atoms with van der Waals surface area (Å²) in [5.41, 5.74) is 0.874. The van der Waals surface area contributed by atoms with Crippen LogP contribution in [0, 0.1) is 6.92 Å². The fourth-order valence-corrected chi connectivity index (χ4v) is 2.55. The van der Waals surface area contributed by atoms with Gasteiger partial charge in [0.1, 0.15) is 5.76 Å². The maximum Gasteiger partial charge on any atom is 0.263 e. The molecule has 6 nitrogen and oxygen atoms in total. The molecule has 0 spiro atoms. The third-order valence-electron chi connectivity index (χ3n) is 2.41. The van der Waals surface area contributed by atoms with Gasteiger partial charge in [-0.3, -0.25) is 4.72 Å². The number of sulfonamides is 1. The first-order valence-electron chi connectivity index (χ1n) is 5.81. The van der Waals surface area contributed by atoms with Crippen LogP contribution in [0.5, 0.6) is 0 Å². The number of aromatic nitrogens is 1. The maximum atomic E-state index is 12.1. The first kappa shape index (κ1) is 13.4. The van der Waals surface area contributed by atoms with Crippen LogP contribution in [0.1, 0.15) is 12.7 Å². The second-order valence-corrected chi connectivity index (χ2v) is 5.67. The summed E-state index contributed by atoms with van der Waals surface area (Å²) >= 11 is 0. The first-order chi connectivity index (χ1) is 9.01. The van der Waals surface area contributed by atoms with Crippen molar-refractivity contribution in [3.05, 3.63) is 36.1 Å². The number of anilines is 2. The molecule has 0 fully saturated rings. The molecule has 0 bridgehead atoms. The largest absolute Gasteiger partial charge is 0.385 e. The molecular formula is C12H15N3O3S. The van der Waals surface area contributed by atoms with Gasteiger partial charge in [-0.25, -0.2) is 8.42 Å². The minimum absolute atomic E-state index is 0.174. The van der Waals surface area contributed by atoms with Crippen LogP contribution in [0.25, 0.3) is 0 Å². The van der Waals surface area contributed by atoms with E-state index in [1.165, 1.54) is 18.2 Å². The average Bonchev–Trinajstić information content (AvgIpc) is 2.75. The van der Waals surface area contributed by atoms with Crippen molar-refractivity contribution in [1.29, 1.82) is 0 Å². The van der Waals surface area contributed by atoms with Crippen molar-refractivity contribution in [3.63, 3.8) is 0 Å². The van der Waals surface area contributed by atoms with E-state index in [1.807, 2.05) is 6.92 Å². The molecule has 0 aliphatic heterocycles. The Labute approximate surface area is 111 Å². The maximum absolute atomic E-state index is 12.1. The van der Waals surface area contributed by atoms with E-state index < -0.39 is 10.0 Å².